The van der Waals surface area contributed by atoms with Gasteiger partial charge in [-0.05, 0) is 30.0 Å². The SMILES string of the molecule is CCC1CN(S(=O)(=O)c2ccc3c(c2)C(=O)NCC3)C1. The van der Waals surface area contributed by atoms with E-state index in [2.05, 4.69) is 12.2 Å². The van der Waals surface area contributed by atoms with Crippen molar-refractivity contribution in [3.63, 3.8) is 0 Å². The van der Waals surface area contributed by atoms with Crippen molar-refractivity contribution in [1.29, 1.82) is 0 Å². The van der Waals surface area contributed by atoms with Crippen molar-refractivity contribution in [3.8, 4) is 0 Å². The van der Waals surface area contributed by atoms with Gasteiger partial charge in [0.05, 0.1) is 4.90 Å². The van der Waals surface area contributed by atoms with Crippen LogP contribution in [-0.2, 0) is 16.4 Å². The summed E-state index contributed by atoms with van der Waals surface area (Å²) in [6, 6.07) is 4.89. The molecule has 1 aromatic carbocycles. The first kappa shape index (κ1) is 13.6. The number of hydrogen-bond acceptors (Lipinski definition) is 3. The van der Waals surface area contributed by atoms with Crippen LogP contribution >= 0.6 is 0 Å². The molecule has 20 heavy (non-hydrogen) atoms. The summed E-state index contributed by atoms with van der Waals surface area (Å²) in [6.45, 7) is 3.85. The Morgan fingerprint density at radius 1 is 1.35 bits per heavy atom. The van der Waals surface area contributed by atoms with Crippen LogP contribution in [-0.4, -0.2) is 38.3 Å². The molecule has 1 aromatic rings. The van der Waals surface area contributed by atoms with E-state index in [1.165, 1.54) is 10.4 Å². The Kier molecular flexibility index (Phi) is 3.30. The van der Waals surface area contributed by atoms with E-state index in [1.54, 1.807) is 12.1 Å². The Bertz CT molecular complexity index is 648. The maximum Gasteiger partial charge on any atom is 0.251 e. The lowest BCUT2D eigenvalue weighted by Crippen LogP contribution is -2.49. The Balaban J connectivity index is 1.91. The molecule has 0 spiro atoms. The molecule has 0 aliphatic carbocycles. The molecular weight excluding hydrogens is 276 g/mol. The lowest BCUT2D eigenvalue weighted by Gasteiger charge is -2.37. The Hall–Kier alpha value is -1.40. The molecule has 0 unspecified atom stereocenters. The van der Waals surface area contributed by atoms with Crippen LogP contribution in [0, 0.1) is 5.92 Å². The summed E-state index contributed by atoms with van der Waals surface area (Å²) in [7, 11) is -3.45. The molecule has 0 radical (unpaired) electrons. The zero-order valence-corrected chi connectivity index (χ0v) is 12.2. The molecule has 1 N–H and O–H groups in total. The van der Waals surface area contributed by atoms with E-state index in [9.17, 15) is 13.2 Å². The molecular formula is C14H18N2O3S. The average molecular weight is 294 g/mol. The standard InChI is InChI=1S/C14H18N2O3S/c1-2-10-8-16(9-10)20(18,19)12-4-3-11-5-6-15-14(17)13(11)7-12/h3-4,7,10H,2,5-6,8-9H2,1H3,(H,15,17). The smallest absolute Gasteiger partial charge is 0.251 e. The van der Waals surface area contributed by atoms with Gasteiger partial charge in [-0.1, -0.05) is 19.4 Å². The van der Waals surface area contributed by atoms with Crippen molar-refractivity contribution < 1.29 is 13.2 Å². The predicted molar refractivity (Wildman–Crippen MR) is 75.0 cm³/mol. The van der Waals surface area contributed by atoms with E-state index >= 15 is 0 Å². The number of carbonyl (C=O) groups excluding carboxylic acids is 1. The highest BCUT2D eigenvalue weighted by molar-refractivity contribution is 7.89. The number of carbonyl (C=O) groups is 1. The number of hydrogen-bond donors (Lipinski definition) is 1. The van der Waals surface area contributed by atoms with E-state index in [0.29, 0.717) is 31.1 Å². The molecule has 0 aromatic heterocycles. The largest absolute Gasteiger partial charge is 0.352 e. The molecule has 1 saturated heterocycles. The van der Waals surface area contributed by atoms with Crippen molar-refractivity contribution in [2.24, 2.45) is 5.92 Å². The van der Waals surface area contributed by atoms with Crippen molar-refractivity contribution >= 4 is 15.9 Å². The minimum Gasteiger partial charge on any atom is -0.352 e. The molecule has 6 heteroatoms. The highest BCUT2D eigenvalue weighted by Crippen LogP contribution is 2.28. The summed E-state index contributed by atoms with van der Waals surface area (Å²) in [4.78, 5) is 12.0. The minimum absolute atomic E-state index is 0.182. The first-order valence-electron chi connectivity index (χ1n) is 6.93. The second-order valence-electron chi connectivity index (χ2n) is 5.42. The maximum atomic E-state index is 12.5. The molecule has 108 valence electrons. The van der Waals surface area contributed by atoms with Crippen molar-refractivity contribution in [2.75, 3.05) is 19.6 Å². The number of sulfonamides is 1. The zero-order valence-electron chi connectivity index (χ0n) is 11.4. The molecule has 3 rings (SSSR count). The quantitative estimate of drug-likeness (QED) is 0.904. The average Bonchev–Trinajstić information content (AvgIpc) is 2.37. The lowest BCUT2D eigenvalue weighted by atomic mass is 10.0. The molecule has 2 heterocycles. The highest BCUT2D eigenvalue weighted by atomic mass is 32.2. The predicted octanol–water partition coefficient (Wildman–Crippen LogP) is 1.00. The fourth-order valence-corrected chi connectivity index (χ4v) is 4.30. The summed E-state index contributed by atoms with van der Waals surface area (Å²) in [6.07, 6.45) is 1.75. The van der Waals surface area contributed by atoms with E-state index in [-0.39, 0.29) is 10.8 Å². The molecule has 5 nitrogen and oxygen atoms in total. The molecule has 0 bridgehead atoms. The molecule has 0 saturated carbocycles. The van der Waals surface area contributed by atoms with Crippen LogP contribution in [0.3, 0.4) is 0 Å². The number of nitrogens with zero attached hydrogens (tertiary/aromatic N) is 1. The zero-order chi connectivity index (χ0) is 14.3. The summed E-state index contributed by atoms with van der Waals surface area (Å²) < 4.78 is 26.4. The highest BCUT2D eigenvalue weighted by Gasteiger charge is 2.36. The van der Waals surface area contributed by atoms with Crippen molar-refractivity contribution in [3.05, 3.63) is 29.3 Å². The van der Waals surface area contributed by atoms with Crippen LogP contribution < -0.4 is 5.32 Å². The first-order chi connectivity index (χ1) is 9.52. The topological polar surface area (TPSA) is 66.5 Å². The number of nitrogens with one attached hydrogen (secondary N) is 1. The Morgan fingerprint density at radius 3 is 2.80 bits per heavy atom. The van der Waals surface area contributed by atoms with Gasteiger partial charge in [-0.2, -0.15) is 4.31 Å². The third-order valence-electron chi connectivity index (χ3n) is 4.14. The third-order valence-corrected chi connectivity index (χ3v) is 5.97. The first-order valence-corrected chi connectivity index (χ1v) is 8.37. The van der Waals surface area contributed by atoms with Gasteiger partial charge in [0.2, 0.25) is 10.0 Å². The number of benzene rings is 1. The normalized spacial score (nSPS) is 20.1. The van der Waals surface area contributed by atoms with Gasteiger partial charge in [0, 0.05) is 25.2 Å². The maximum absolute atomic E-state index is 12.5. The summed E-state index contributed by atoms with van der Waals surface area (Å²) in [5.74, 6) is 0.282. The van der Waals surface area contributed by atoms with Crippen LogP contribution in [0.5, 0.6) is 0 Å². The van der Waals surface area contributed by atoms with E-state index in [4.69, 9.17) is 0 Å². The number of amides is 1. The molecule has 2 aliphatic heterocycles. The van der Waals surface area contributed by atoms with Gasteiger partial charge in [0.25, 0.3) is 5.91 Å². The Morgan fingerprint density at radius 2 is 2.10 bits per heavy atom. The summed E-state index contributed by atoms with van der Waals surface area (Å²) in [5, 5.41) is 2.74. The van der Waals surface area contributed by atoms with Crippen LogP contribution in [0.15, 0.2) is 23.1 Å². The Labute approximate surface area is 119 Å². The van der Waals surface area contributed by atoms with Gasteiger partial charge in [0.15, 0.2) is 0 Å². The fourth-order valence-electron chi connectivity index (χ4n) is 2.68. The van der Waals surface area contributed by atoms with E-state index in [1.807, 2.05) is 0 Å². The van der Waals surface area contributed by atoms with Crippen molar-refractivity contribution in [2.45, 2.75) is 24.7 Å². The monoisotopic (exact) mass is 294 g/mol. The van der Waals surface area contributed by atoms with Crippen LogP contribution in [0.1, 0.15) is 29.3 Å². The molecule has 0 atom stereocenters. The molecule has 2 aliphatic rings. The van der Waals surface area contributed by atoms with Crippen LogP contribution in [0.4, 0.5) is 0 Å². The fraction of sp³-hybridized carbons (Fsp3) is 0.500. The second kappa shape index (κ2) is 4.86. The summed E-state index contributed by atoms with van der Waals surface area (Å²) in [5.41, 5.74) is 1.41. The van der Waals surface area contributed by atoms with Gasteiger partial charge < -0.3 is 5.32 Å². The van der Waals surface area contributed by atoms with Gasteiger partial charge in [-0.15, -0.1) is 0 Å². The van der Waals surface area contributed by atoms with Gasteiger partial charge >= 0.3 is 0 Å². The second-order valence-corrected chi connectivity index (χ2v) is 7.36. The molecule has 1 amide bonds. The summed E-state index contributed by atoms with van der Waals surface area (Å²) >= 11 is 0. The van der Waals surface area contributed by atoms with Gasteiger partial charge in [-0.25, -0.2) is 8.42 Å². The minimum atomic E-state index is -3.45. The van der Waals surface area contributed by atoms with Gasteiger partial charge in [-0.3, -0.25) is 4.79 Å². The van der Waals surface area contributed by atoms with Gasteiger partial charge in [0.1, 0.15) is 0 Å². The van der Waals surface area contributed by atoms with E-state index < -0.39 is 10.0 Å². The molecule has 1 fully saturated rings. The van der Waals surface area contributed by atoms with E-state index in [0.717, 1.165) is 18.4 Å². The lowest BCUT2D eigenvalue weighted by molar-refractivity contribution is 0.0945. The number of fused-ring (bicyclic) bond motifs is 1. The number of rotatable bonds is 3. The van der Waals surface area contributed by atoms with Crippen LogP contribution in [0.25, 0.3) is 0 Å². The van der Waals surface area contributed by atoms with Crippen molar-refractivity contribution in [1.82, 2.24) is 9.62 Å². The third kappa shape index (κ3) is 2.13. The van der Waals surface area contributed by atoms with Crippen LogP contribution in [0.2, 0.25) is 0 Å².